The predicted molar refractivity (Wildman–Crippen MR) is 83.7 cm³/mol. The van der Waals surface area contributed by atoms with Crippen molar-refractivity contribution in [2.24, 2.45) is 0 Å². The average molecular weight is 329 g/mol. The number of furan rings is 1. The minimum absolute atomic E-state index is 0.00839. The molecule has 2 saturated heterocycles. The standard InChI is InChI=1S/C17H19N3O4/c1-12-14(4-7-22-12)15(21)20-10-17(11-20)9-13(3-8-23-17)24-16-18-5-2-6-19-16/h2,4-7,13H,3,8-11H2,1H3. The highest BCUT2D eigenvalue weighted by Crippen LogP contribution is 2.36. The molecule has 0 bridgehead atoms. The molecule has 7 heteroatoms. The van der Waals surface area contributed by atoms with E-state index in [0.29, 0.717) is 37.0 Å². The van der Waals surface area contributed by atoms with E-state index in [2.05, 4.69) is 9.97 Å². The number of amides is 1. The predicted octanol–water partition coefficient (Wildman–Crippen LogP) is 1.83. The highest BCUT2D eigenvalue weighted by Gasteiger charge is 2.50. The van der Waals surface area contributed by atoms with Crippen LogP contribution in [0.1, 0.15) is 29.0 Å². The van der Waals surface area contributed by atoms with Crippen LogP contribution in [0.25, 0.3) is 0 Å². The van der Waals surface area contributed by atoms with Crippen molar-refractivity contribution in [3.8, 4) is 6.01 Å². The van der Waals surface area contributed by atoms with E-state index in [1.54, 1.807) is 42.6 Å². The monoisotopic (exact) mass is 329 g/mol. The first-order chi connectivity index (χ1) is 11.7. The van der Waals surface area contributed by atoms with E-state index in [-0.39, 0.29) is 17.6 Å². The van der Waals surface area contributed by atoms with Gasteiger partial charge >= 0.3 is 6.01 Å². The summed E-state index contributed by atoms with van der Waals surface area (Å²) < 4.78 is 17.0. The zero-order valence-corrected chi connectivity index (χ0v) is 13.5. The number of aryl methyl sites for hydroxylation is 1. The Balaban J connectivity index is 1.37. The molecule has 0 aromatic carbocycles. The molecule has 1 unspecified atom stereocenters. The van der Waals surface area contributed by atoms with Crippen LogP contribution in [0.3, 0.4) is 0 Å². The molecule has 126 valence electrons. The van der Waals surface area contributed by atoms with Crippen molar-refractivity contribution in [2.75, 3.05) is 19.7 Å². The van der Waals surface area contributed by atoms with E-state index in [1.807, 2.05) is 0 Å². The van der Waals surface area contributed by atoms with Crippen molar-refractivity contribution >= 4 is 5.91 Å². The fourth-order valence-corrected chi connectivity index (χ4v) is 3.37. The van der Waals surface area contributed by atoms with Crippen molar-refractivity contribution in [2.45, 2.75) is 31.5 Å². The van der Waals surface area contributed by atoms with Crippen LogP contribution in [-0.4, -0.2) is 52.2 Å². The van der Waals surface area contributed by atoms with E-state index >= 15 is 0 Å². The number of rotatable bonds is 3. The molecule has 1 amide bonds. The SMILES string of the molecule is Cc1occc1C(=O)N1CC2(CC(Oc3ncccn3)CCO2)C1. The van der Waals surface area contributed by atoms with Gasteiger partial charge in [0.1, 0.15) is 17.5 Å². The van der Waals surface area contributed by atoms with E-state index in [0.717, 1.165) is 12.8 Å². The molecule has 2 aliphatic rings. The zero-order valence-electron chi connectivity index (χ0n) is 13.5. The van der Waals surface area contributed by atoms with Crippen molar-refractivity contribution < 1.29 is 18.7 Å². The van der Waals surface area contributed by atoms with E-state index in [9.17, 15) is 4.79 Å². The Hall–Kier alpha value is -2.41. The fraction of sp³-hybridized carbons (Fsp3) is 0.471. The van der Waals surface area contributed by atoms with Gasteiger partial charge in [-0.15, -0.1) is 0 Å². The molecule has 0 saturated carbocycles. The molecule has 0 aliphatic carbocycles. The summed E-state index contributed by atoms with van der Waals surface area (Å²) in [5.41, 5.74) is 0.302. The average Bonchev–Trinajstić information content (AvgIpc) is 2.99. The Morgan fingerprint density at radius 3 is 2.88 bits per heavy atom. The maximum atomic E-state index is 12.5. The van der Waals surface area contributed by atoms with Gasteiger partial charge in [0.25, 0.3) is 5.91 Å². The highest BCUT2D eigenvalue weighted by molar-refractivity contribution is 5.95. The number of likely N-dealkylation sites (tertiary alicyclic amines) is 1. The summed E-state index contributed by atoms with van der Waals surface area (Å²) in [5.74, 6) is 0.637. The number of aromatic nitrogens is 2. The molecular formula is C17H19N3O4. The highest BCUT2D eigenvalue weighted by atomic mass is 16.5. The van der Waals surface area contributed by atoms with Gasteiger partial charge in [-0.05, 0) is 19.1 Å². The molecule has 4 rings (SSSR count). The summed E-state index contributed by atoms with van der Waals surface area (Å²) >= 11 is 0. The summed E-state index contributed by atoms with van der Waals surface area (Å²) in [7, 11) is 0. The summed E-state index contributed by atoms with van der Waals surface area (Å²) in [6.07, 6.45) is 6.41. The van der Waals surface area contributed by atoms with Crippen molar-refractivity contribution in [3.05, 3.63) is 42.1 Å². The number of hydrogen-bond donors (Lipinski definition) is 0. The van der Waals surface area contributed by atoms with Crippen LogP contribution >= 0.6 is 0 Å². The van der Waals surface area contributed by atoms with Crippen molar-refractivity contribution in [3.63, 3.8) is 0 Å². The first-order valence-corrected chi connectivity index (χ1v) is 8.06. The van der Waals surface area contributed by atoms with Crippen LogP contribution in [0, 0.1) is 6.92 Å². The zero-order chi connectivity index (χ0) is 16.6. The first-order valence-electron chi connectivity index (χ1n) is 8.06. The molecule has 2 aromatic rings. The lowest BCUT2D eigenvalue weighted by atomic mass is 9.84. The normalized spacial score (nSPS) is 22.2. The lowest BCUT2D eigenvalue weighted by Crippen LogP contribution is -2.67. The van der Waals surface area contributed by atoms with Gasteiger partial charge < -0.3 is 18.8 Å². The van der Waals surface area contributed by atoms with Gasteiger partial charge in [-0.2, -0.15) is 0 Å². The minimum atomic E-state index is -0.314. The van der Waals surface area contributed by atoms with Crippen LogP contribution < -0.4 is 4.74 Å². The van der Waals surface area contributed by atoms with Gasteiger partial charge in [-0.1, -0.05) is 0 Å². The minimum Gasteiger partial charge on any atom is -0.469 e. The smallest absolute Gasteiger partial charge is 0.316 e. The molecular weight excluding hydrogens is 310 g/mol. The van der Waals surface area contributed by atoms with Crippen LogP contribution in [0.15, 0.2) is 35.2 Å². The van der Waals surface area contributed by atoms with Crippen LogP contribution in [0.5, 0.6) is 6.01 Å². The Kier molecular flexibility index (Phi) is 3.72. The van der Waals surface area contributed by atoms with Crippen LogP contribution in [0.2, 0.25) is 0 Å². The topological polar surface area (TPSA) is 77.7 Å². The molecule has 1 spiro atoms. The van der Waals surface area contributed by atoms with E-state index in [1.165, 1.54) is 0 Å². The van der Waals surface area contributed by atoms with Crippen LogP contribution in [-0.2, 0) is 4.74 Å². The molecule has 4 heterocycles. The molecule has 2 aromatic heterocycles. The summed E-state index contributed by atoms with van der Waals surface area (Å²) in [6, 6.07) is 3.86. The molecule has 1 atom stereocenters. The Morgan fingerprint density at radius 2 is 2.17 bits per heavy atom. The lowest BCUT2D eigenvalue weighted by Gasteiger charge is -2.52. The van der Waals surface area contributed by atoms with Gasteiger partial charge in [0.2, 0.25) is 0 Å². The number of carbonyl (C=O) groups is 1. The molecule has 2 fully saturated rings. The third kappa shape index (κ3) is 2.75. The first kappa shape index (κ1) is 15.1. The van der Waals surface area contributed by atoms with Crippen molar-refractivity contribution in [1.29, 1.82) is 0 Å². The number of nitrogens with zero attached hydrogens (tertiary/aromatic N) is 3. The quantitative estimate of drug-likeness (QED) is 0.855. The number of ether oxygens (including phenoxy) is 2. The summed E-state index contributed by atoms with van der Waals surface area (Å²) in [4.78, 5) is 22.5. The Bertz CT molecular complexity index is 724. The molecule has 0 N–H and O–H groups in total. The van der Waals surface area contributed by atoms with Gasteiger partial charge in [0.15, 0.2) is 0 Å². The second-order valence-electron chi connectivity index (χ2n) is 6.35. The van der Waals surface area contributed by atoms with Gasteiger partial charge in [-0.25, -0.2) is 9.97 Å². The second kappa shape index (κ2) is 5.90. The third-order valence-corrected chi connectivity index (χ3v) is 4.60. The number of hydrogen-bond acceptors (Lipinski definition) is 6. The van der Waals surface area contributed by atoms with Gasteiger partial charge in [-0.3, -0.25) is 4.79 Å². The Morgan fingerprint density at radius 1 is 1.38 bits per heavy atom. The molecule has 7 nitrogen and oxygen atoms in total. The molecule has 24 heavy (non-hydrogen) atoms. The van der Waals surface area contributed by atoms with E-state index in [4.69, 9.17) is 13.9 Å². The maximum absolute atomic E-state index is 12.5. The second-order valence-corrected chi connectivity index (χ2v) is 6.35. The number of carbonyl (C=O) groups excluding carboxylic acids is 1. The molecule has 2 aliphatic heterocycles. The summed E-state index contributed by atoms with van der Waals surface area (Å²) in [5, 5.41) is 0. The van der Waals surface area contributed by atoms with E-state index < -0.39 is 0 Å². The fourth-order valence-electron chi connectivity index (χ4n) is 3.37. The van der Waals surface area contributed by atoms with Crippen molar-refractivity contribution in [1.82, 2.24) is 14.9 Å². The Labute approximate surface area is 139 Å². The summed E-state index contributed by atoms with van der Waals surface area (Å²) in [6.45, 7) is 3.56. The lowest BCUT2D eigenvalue weighted by molar-refractivity contribution is -0.174. The van der Waals surface area contributed by atoms with Gasteiger partial charge in [0.05, 0.1) is 31.5 Å². The third-order valence-electron chi connectivity index (χ3n) is 4.60. The largest absolute Gasteiger partial charge is 0.469 e. The van der Waals surface area contributed by atoms with Gasteiger partial charge in [0, 0.05) is 25.2 Å². The van der Waals surface area contributed by atoms with Crippen LogP contribution in [0.4, 0.5) is 0 Å². The maximum Gasteiger partial charge on any atom is 0.316 e. The molecule has 0 radical (unpaired) electrons.